The van der Waals surface area contributed by atoms with Crippen LogP contribution in [0.5, 0.6) is 0 Å². The highest BCUT2D eigenvalue weighted by Gasteiger charge is 2.07. The summed E-state index contributed by atoms with van der Waals surface area (Å²) < 4.78 is 0. The summed E-state index contributed by atoms with van der Waals surface area (Å²) in [7, 11) is 0. The predicted molar refractivity (Wildman–Crippen MR) is 81.0 cm³/mol. The van der Waals surface area contributed by atoms with Gasteiger partial charge in [0, 0.05) is 23.0 Å². The molecule has 0 amide bonds. The van der Waals surface area contributed by atoms with Crippen LogP contribution in [0.15, 0.2) is 48.7 Å². The number of pyridine rings is 2. The van der Waals surface area contributed by atoms with E-state index in [9.17, 15) is 4.79 Å². The van der Waals surface area contributed by atoms with E-state index in [0.717, 1.165) is 22.3 Å². The molecule has 0 atom stereocenters. The van der Waals surface area contributed by atoms with Gasteiger partial charge in [-0.1, -0.05) is 18.2 Å². The number of rotatable bonds is 3. The summed E-state index contributed by atoms with van der Waals surface area (Å²) in [6.07, 6.45) is 1.47. The SMILES string of the molecule is Cc1ccc2cccc(Nc3ccnc(C(=O)O)c3)c2n1. The number of carboxylic acids is 1. The van der Waals surface area contributed by atoms with E-state index in [1.54, 1.807) is 6.07 Å². The summed E-state index contributed by atoms with van der Waals surface area (Å²) in [4.78, 5) is 19.3. The third-order valence-electron chi connectivity index (χ3n) is 3.12. The zero-order chi connectivity index (χ0) is 14.8. The van der Waals surface area contributed by atoms with Crippen molar-refractivity contribution in [2.75, 3.05) is 5.32 Å². The minimum absolute atomic E-state index is 0.00405. The van der Waals surface area contributed by atoms with Crippen LogP contribution in [0, 0.1) is 6.92 Å². The molecule has 0 aliphatic heterocycles. The van der Waals surface area contributed by atoms with Crippen LogP contribution in [0.3, 0.4) is 0 Å². The molecule has 3 aromatic rings. The topological polar surface area (TPSA) is 75.1 Å². The van der Waals surface area contributed by atoms with Crippen molar-refractivity contribution in [2.45, 2.75) is 6.92 Å². The van der Waals surface area contributed by atoms with Crippen molar-refractivity contribution in [2.24, 2.45) is 0 Å². The Kier molecular flexibility index (Phi) is 3.23. The summed E-state index contributed by atoms with van der Waals surface area (Å²) in [6, 6.07) is 13.0. The molecule has 5 nitrogen and oxygen atoms in total. The normalized spacial score (nSPS) is 10.5. The highest BCUT2D eigenvalue weighted by Crippen LogP contribution is 2.25. The second-order valence-electron chi connectivity index (χ2n) is 4.69. The van der Waals surface area contributed by atoms with E-state index in [2.05, 4.69) is 15.3 Å². The average Bonchev–Trinajstić information content (AvgIpc) is 2.48. The molecule has 0 unspecified atom stereocenters. The lowest BCUT2D eigenvalue weighted by molar-refractivity contribution is 0.0690. The van der Waals surface area contributed by atoms with E-state index in [1.807, 2.05) is 37.3 Å². The summed E-state index contributed by atoms with van der Waals surface area (Å²) >= 11 is 0. The van der Waals surface area contributed by atoms with Crippen LogP contribution in [0.2, 0.25) is 0 Å². The first-order valence-electron chi connectivity index (χ1n) is 6.46. The monoisotopic (exact) mass is 279 g/mol. The van der Waals surface area contributed by atoms with Gasteiger partial charge in [-0.25, -0.2) is 9.78 Å². The van der Waals surface area contributed by atoms with Gasteiger partial charge in [-0.2, -0.15) is 0 Å². The summed E-state index contributed by atoms with van der Waals surface area (Å²) in [6.45, 7) is 1.94. The lowest BCUT2D eigenvalue weighted by Crippen LogP contribution is -2.01. The number of benzene rings is 1. The summed E-state index contributed by atoms with van der Waals surface area (Å²) in [5, 5.41) is 13.2. The highest BCUT2D eigenvalue weighted by molar-refractivity contribution is 5.93. The third kappa shape index (κ3) is 2.67. The van der Waals surface area contributed by atoms with E-state index in [0.29, 0.717) is 5.69 Å². The number of anilines is 2. The fraction of sp³-hybridized carbons (Fsp3) is 0.0625. The first-order chi connectivity index (χ1) is 10.1. The van der Waals surface area contributed by atoms with Crippen LogP contribution in [-0.4, -0.2) is 21.0 Å². The molecule has 2 N–H and O–H groups in total. The Hall–Kier alpha value is -2.95. The van der Waals surface area contributed by atoms with Crippen molar-refractivity contribution in [3.63, 3.8) is 0 Å². The van der Waals surface area contributed by atoms with Gasteiger partial charge in [0.05, 0.1) is 11.2 Å². The van der Waals surface area contributed by atoms with Gasteiger partial charge in [0.25, 0.3) is 0 Å². The number of carboxylic acid groups (broad SMARTS) is 1. The number of carbonyl (C=O) groups is 1. The van der Waals surface area contributed by atoms with Crippen LogP contribution in [-0.2, 0) is 0 Å². The summed E-state index contributed by atoms with van der Waals surface area (Å²) in [5.41, 5.74) is 3.28. The Balaban J connectivity index is 2.04. The number of aromatic nitrogens is 2. The van der Waals surface area contributed by atoms with Crippen LogP contribution in [0.25, 0.3) is 10.9 Å². The molecule has 0 saturated heterocycles. The van der Waals surface area contributed by atoms with Gasteiger partial charge in [-0.15, -0.1) is 0 Å². The quantitative estimate of drug-likeness (QED) is 0.768. The van der Waals surface area contributed by atoms with E-state index in [4.69, 9.17) is 5.11 Å². The van der Waals surface area contributed by atoms with Crippen molar-refractivity contribution in [3.05, 3.63) is 60.0 Å². The molecule has 2 aromatic heterocycles. The average molecular weight is 279 g/mol. The van der Waals surface area contributed by atoms with Crippen LogP contribution < -0.4 is 5.32 Å². The predicted octanol–water partition coefficient (Wildman–Crippen LogP) is 3.38. The van der Waals surface area contributed by atoms with Gasteiger partial charge >= 0.3 is 5.97 Å². The fourth-order valence-corrected chi connectivity index (χ4v) is 2.13. The molecule has 3 rings (SSSR count). The van der Waals surface area contributed by atoms with Crippen molar-refractivity contribution in [3.8, 4) is 0 Å². The van der Waals surface area contributed by atoms with Crippen LogP contribution >= 0.6 is 0 Å². The second-order valence-corrected chi connectivity index (χ2v) is 4.69. The van der Waals surface area contributed by atoms with Gasteiger partial charge in [0.2, 0.25) is 0 Å². The number of nitrogens with zero attached hydrogens (tertiary/aromatic N) is 2. The van der Waals surface area contributed by atoms with Crippen LogP contribution in [0.1, 0.15) is 16.2 Å². The molecular weight excluding hydrogens is 266 g/mol. The molecule has 104 valence electrons. The first kappa shape index (κ1) is 13.1. The Morgan fingerprint density at radius 2 is 2.05 bits per heavy atom. The summed E-state index contributed by atoms with van der Waals surface area (Å²) in [5.74, 6) is -1.05. The Labute approximate surface area is 121 Å². The number of hydrogen-bond donors (Lipinski definition) is 2. The van der Waals surface area contributed by atoms with Crippen LogP contribution in [0.4, 0.5) is 11.4 Å². The molecule has 0 bridgehead atoms. The number of para-hydroxylation sites is 1. The van der Waals surface area contributed by atoms with Gasteiger partial charge < -0.3 is 10.4 Å². The van der Waals surface area contributed by atoms with E-state index < -0.39 is 5.97 Å². The number of aromatic carboxylic acids is 1. The van der Waals surface area contributed by atoms with Crippen molar-refractivity contribution < 1.29 is 9.90 Å². The maximum absolute atomic E-state index is 11.0. The standard InChI is InChI=1S/C16H13N3O2/c1-10-5-6-11-3-2-4-13(15(11)18-10)19-12-7-8-17-14(9-12)16(20)21/h2-9H,1H3,(H,17,19)(H,20,21). The van der Waals surface area contributed by atoms with Gasteiger partial charge in [-0.05, 0) is 31.2 Å². The molecule has 2 heterocycles. The fourth-order valence-electron chi connectivity index (χ4n) is 2.13. The van der Waals surface area contributed by atoms with E-state index in [1.165, 1.54) is 12.3 Å². The number of aryl methyl sites for hydroxylation is 1. The molecule has 0 aliphatic rings. The number of hydrogen-bond acceptors (Lipinski definition) is 4. The first-order valence-corrected chi connectivity index (χ1v) is 6.46. The minimum Gasteiger partial charge on any atom is -0.477 e. The van der Waals surface area contributed by atoms with E-state index in [-0.39, 0.29) is 5.69 Å². The highest BCUT2D eigenvalue weighted by atomic mass is 16.4. The smallest absolute Gasteiger partial charge is 0.354 e. The maximum atomic E-state index is 11.0. The van der Waals surface area contributed by atoms with Crippen molar-refractivity contribution in [1.82, 2.24) is 9.97 Å². The minimum atomic E-state index is -1.05. The molecule has 0 fully saturated rings. The number of nitrogens with one attached hydrogen (secondary N) is 1. The largest absolute Gasteiger partial charge is 0.477 e. The molecule has 0 aliphatic carbocycles. The Morgan fingerprint density at radius 3 is 2.86 bits per heavy atom. The number of fused-ring (bicyclic) bond motifs is 1. The van der Waals surface area contributed by atoms with E-state index >= 15 is 0 Å². The zero-order valence-electron chi connectivity index (χ0n) is 11.4. The third-order valence-corrected chi connectivity index (χ3v) is 3.12. The molecular formula is C16H13N3O2. The van der Waals surface area contributed by atoms with Crippen molar-refractivity contribution in [1.29, 1.82) is 0 Å². The van der Waals surface area contributed by atoms with Gasteiger partial charge in [0.15, 0.2) is 0 Å². The Morgan fingerprint density at radius 1 is 1.19 bits per heavy atom. The Bertz CT molecular complexity index is 831. The van der Waals surface area contributed by atoms with Gasteiger partial charge in [0.1, 0.15) is 5.69 Å². The molecule has 0 saturated carbocycles. The molecule has 1 aromatic carbocycles. The van der Waals surface area contributed by atoms with Gasteiger partial charge in [-0.3, -0.25) is 4.98 Å². The second kappa shape index (κ2) is 5.20. The van der Waals surface area contributed by atoms with Crippen molar-refractivity contribution >= 4 is 28.2 Å². The molecule has 0 radical (unpaired) electrons. The molecule has 21 heavy (non-hydrogen) atoms. The molecule has 0 spiro atoms. The lowest BCUT2D eigenvalue weighted by atomic mass is 10.1. The maximum Gasteiger partial charge on any atom is 0.354 e. The zero-order valence-corrected chi connectivity index (χ0v) is 11.4. The lowest BCUT2D eigenvalue weighted by Gasteiger charge is -2.10. The molecule has 5 heteroatoms.